The van der Waals surface area contributed by atoms with Crippen LogP contribution in [0.1, 0.15) is 26.3 Å². The lowest BCUT2D eigenvalue weighted by molar-refractivity contribution is 0.0693. The Morgan fingerprint density at radius 3 is 2.54 bits per heavy atom. The van der Waals surface area contributed by atoms with Gasteiger partial charge in [0.15, 0.2) is 5.84 Å². The van der Waals surface area contributed by atoms with Crippen LogP contribution in [0.3, 0.4) is 0 Å². The van der Waals surface area contributed by atoms with E-state index in [1.807, 2.05) is 0 Å². The van der Waals surface area contributed by atoms with Crippen LogP contribution in [-0.2, 0) is 0 Å². The molecule has 0 aromatic heterocycles. The van der Waals surface area contributed by atoms with Crippen molar-refractivity contribution < 1.29 is 19.8 Å². The van der Waals surface area contributed by atoms with Gasteiger partial charge in [-0.2, -0.15) is 10.4 Å². The molecule has 0 heterocycles. The molecule has 7 N–H and O–H groups in total. The van der Waals surface area contributed by atoms with Crippen LogP contribution in [0.2, 0.25) is 0 Å². The maximum atomic E-state index is 12.4. The molecule has 142 valence electrons. The zero-order valence-corrected chi connectivity index (χ0v) is 14.6. The smallest absolute Gasteiger partial charge is 0.339 e. The number of nitrogens with two attached hydrogens (primary N) is 1. The Labute approximate surface area is 159 Å². The predicted molar refractivity (Wildman–Crippen MR) is 103 cm³/mol. The standard InChI is InChI=1S/C18H16N6O4/c1-9-6-10(2-4-13(9)23-24-14(8-19)16(20)21)17(26)22-11-3-5-15(25)12(7-11)18(27)28/h2-7,23,25H,1H3,(H3,20,21)(H,22,26)(H,27,28)/b24-14+. The van der Waals surface area contributed by atoms with E-state index < -0.39 is 23.5 Å². The van der Waals surface area contributed by atoms with Gasteiger partial charge in [0.2, 0.25) is 5.71 Å². The molecule has 2 rings (SSSR count). The third kappa shape index (κ3) is 4.61. The Kier molecular flexibility index (Phi) is 5.93. The number of carboxylic acid groups (broad SMARTS) is 1. The van der Waals surface area contributed by atoms with Gasteiger partial charge < -0.3 is 21.3 Å². The summed E-state index contributed by atoms with van der Waals surface area (Å²) in [5.74, 6) is -2.68. The molecular formula is C18H16N6O4. The summed E-state index contributed by atoms with van der Waals surface area (Å²) < 4.78 is 0. The van der Waals surface area contributed by atoms with Gasteiger partial charge in [-0.25, -0.2) is 4.79 Å². The van der Waals surface area contributed by atoms with Crippen molar-refractivity contribution in [1.82, 2.24) is 0 Å². The molecule has 0 atom stereocenters. The second-order valence-electron chi connectivity index (χ2n) is 5.62. The van der Waals surface area contributed by atoms with E-state index in [4.69, 9.17) is 21.5 Å². The summed E-state index contributed by atoms with van der Waals surface area (Å²) in [6.07, 6.45) is 0. The van der Waals surface area contributed by atoms with Crippen molar-refractivity contribution in [2.75, 3.05) is 10.7 Å². The molecule has 0 spiro atoms. The molecule has 10 nitrogen and oxygen atoms in total. The largest absolute Gasteiger partial charge is 0.507 e. The number of benzene rings is 2. The summed E-state index contributed by atoms with van der Waals surface area (Å²) in [4.78, 5) is 23.4. The Balaban J connectivity index is 2.19. The number of amides is 1. The van der Waals surface area contributed by atoms with Crippen molar-refractivity contribution in [3.05, 3.63) is 53.1 Å². The minimum Gasteiger partial charge on any atom is -0.507 e. The molecule has 0 aliphatic rings. The van der Waals surface area contributed by atoms with Crippen molar-refractivity contribution in [2.24, 2.45) is 10.8 Å². The summed E-state index contributed by atoms with van der Waals surface area (Å²) in [5.41, 5.74) is 8.86. The van der Waals surface area contributed by atoms with Gasteiger partial charge in [-0.15, -0.1) is 0 Å². The maximum Gasteiger partial charge on any atom is 0.339 e. The van der Waals surface area contributed by atoms with Crippen molar-refractivity contribution in [1.29, 1.82) is 10.7 Å². The molecule has 0 unspecified atom stereocenters. The Hall–Kier alpha value is -4.39. The van der Waals surface area contributed by atoms with E-state index in [0.717, 1.165) is 6.07 Å². The molecule has 0 fully saturated rings. The summed E-state index contributed by atoms with van der Waals surface area (Å²) in [5, 5.41) is 40.8. The Bertz CT molecular complexity index is 1040. The number of hydrazone groups is 1. The highest BCUT2D eigenvalue weighted by atomic mass is 16.4. The molecule has 1 amide bonds. The van der Waals surface area contributed by atoms with Gasteiger partial charge in [-0.1, -0.05) is 0 Å². The first-order valence-corrected chi connectivity index (χ1v) is 7.79. The molecule has 2 aromatic carbocycles. The number of anilines is 2. The highest BCUT2D eigenvalue weighted by Gasteiger charge is 2.13. The summed E-state index contributed by atoms with van der Waals surface area (Å²) in [6.45, 7) is 1.71. The first-order chi connectivity index (χ1) is 13.2. The normalized spacial score (nSPS) is 10.6. The summed E-state index contributed by atoms with van der Waals surface area (Å²) in [6, 6.07) is 10.0. The van der Waals surface area contributed by atoms with Crippen molar-refractivity contribution in [3.8, 4) is 11.8 Å². The summed E-state index contributed by atoms with van der Waals surface area (Å²) >= 11 is 0. The number of hydrogen-bond donors (Lipinski definition) is 6. The van der Waals surface area contributed by atoms with Crippen molar-refractivity contribution in [2.45, 2.75) is 6.92 Å². The maximum absolute atomic E-state index is 12.4. The molecule has 0 saturated carbocycles. The minimum absolute atomic E-state index is 0.213. The van der Waals surface area contributed by atoms with Gasteiger partial charge in [0.25, 0.3) is 5.91 Å². The van der Waals surface area contributed by atoms with Crippen LogP contribution in [0.15, 0.2) is 41.5 Å². The number of aromatic hydroxyl groups is 1. The van der Waals surface area contributed by atoms with Gasteiger partial charge in [-0.05, 0) is 48.9 Å². The first-order valence-electron chi connectivity index (χ1n) is 7.79. The van der Waals surface area contributed by atoms with E-state index >= 15 is 0 Å². The molecule has 2 aromatic rings. The molecule has 0 saturated heterocycles. The molecule has 0 radical (unpaired) electrons. The number of hydrogen-bond acceptors (Lipinski definition) is 7. The highest BCUT2D eigenvalue weighted by molar-refractivity contribution is 6.45. The van der Waals surface area contributed by atoms with E-state index in [2.05, 4.69) is 15.8 Å². The third-order valence-corrected chi connectivity index (χ3v) is 3.62. The minimum atomic E-state index is -1.32. The highest BCUT2D eigenvalue weighted by Crippen LogP contribution is 2.23. The molecule has 0 aliphatic heterocycles. The monoisotopic (exact) mass is 380 g/mol. The number of carbonyl (C=O) groups is 2. The SMILES string of the molecule is Cc1cc(C(=O)Nc2ccc(O)c(C(=O)O)c2)ccc1N/N=C(\C#N)C(=N)N. The van der Waals surface area contributed by atoms with Crippen molar-refractivity contribution >= 4 is 34.8 Å². The first kappa shape index (κ1) is 19.9. The number of nitrogens with zero attached hydrogens (tertiary/aromatic N) is 2. The second-order valence-corrected chi connectivity index (χ2v) is 5.62. The van der Waals surface area contributed by atoms with E-state index in [0.29, 0.717) is 16.8 Å². The number of rotatable bonds is 6. The number of carbonyl (C=O) groups excluding carboxylic acids is 1. The Morgan fingerprint density at radius 1 is 1.25 bits per heavy atom. The second kappa shape index (κ2) is 8.33. The number of phenols is 1. The van der Waals surface area contributed by atoms with Crippen LogP contribution in [0.4, 0.5) is 11.4 Å². The van der Waals surface area contributed by atoms with Crippen LogP contribution < -0.4 is 16.5 Å². The van der Waals surface area contributed by atoms with E-state index in [1.165, 1.54) is 18.2 Å². The lowest BCUT2D eigenvalue weighted by atomic mass is 10.1. The zero-order chi connectivity index (χ0) is 20.8. The van der Waals surface area contributed by atoms with Gasteiger partial charge >= 0.3 is 5.97 Å². The lowest BCUT2D eigenvalue weighted by Gasteiger charge is -2.10. The number of carboxylic acids is 1. The molecule has 10 heteroatoms. The fourth-order valence-corrected chi connectivity index (χ4v) is 2.18. The molecule has 0 aliphatic carbocycles. The molecular weight excluding hydrogens is 364 g/mol. The number of aromatic carboxylic acids is 1. The van der Waals surface area contributed by atoms with Crippen LogP contribution in [0.25, 0.3) is 0 Å². The van der Waals surface area contributed by atoms with Crippen LogP contribution in [-0.4, -0.2) is 33.6 Å². The third-order valence-electron chi connectivity index (χ3n) is 3.62. The predicted octanol–water partition coefficient (Wildman–Crippen LogP) is 1.88. The summed E-state index contributed by atoms with van der Waals surface area (Å²) in [7, 11) is 0. The average molecular weight is 380 g/mol. The van der Waals surface area contributed by atoms with Crippen LogP contribution in [0, 0.1) is 23.7 Å². The average Bonchev–Trinajstić information content (AvgIpc) is 2.64. The number of nitriles is 1. The number of amidine groups is 1. The van der Waals surface area contributed by atoms with E-state index in [-0.39, 0.29) is 17.0 Å². The lowest BCUT2D eigenvalue weighted by Crippen LogP contribution is -2.22. The van der Waals surface area contributed by atoms with E-state index in [1.54, 1.807) is 25.1 Å². The van der Waals surface area contributed by atoms with Gasteiger partial charge in [0.1, 0.15) is 17.4 Å². The molecule has 28 heavy (non-hydrogen) atoms. The van der Waals surface area contributed by atoms with Gasteiger partial charge in [0, 0.05) is 11.3 Å². The van der Waals surface area contributed by atoms with Crippen molar-refractivity contribution in [3.63, 3.8) is 0 Å². The fraction of sp³-hybridized carbons (Fsp3) is 0.0556. The topological polar surface area (TPSA) is 185 Å². The van der Waals surface area contributed by atoms with Gasteiger partial charge in [0.05, 0.1) is 5.69 Å². The quantitative estimate of drug-likeness (QED) is 0.191. The molecule has 0 bridgehead atoms. The van der Waals surface area contributed by atoms with E-state index in [9.17, 15) is 14.7 Å². The Morgan fingerprint density at radius 2 is 1.96 bits per heavy atom. The van der Waals surface area contributed by atoms with Gasteiger partial charge in [-0.3, -0.25) is 15.6 Å². The number of nitrogens with one attached hydrogen (secondary N) is 3. The van der Waals surface area contributed by atoms with Crippen LogP contribution >= 0.6 is 0 Å². The fourth-order valence-electron chi connectivity index (χ4n) is 2.18. The number of aryl methyl sites for hydroxylation is 1. The zero-order valence-electron chi connectivity index (χ0n) is 14.6. The van der Waals surface area contributed by atoms with Crippen LogP contribution in [0.5, 0.6) is 5.75 Å².